The first-order valence-corrected chi connectivity index (χ1v) is 9.38. The maximum atomic E-state index is 11.8. The van der Waals surface area contributed by atoms with Crippen LogP contribution < -0.4 is 4.87 Å². The van der Waals surface area contributed by atoms with Gasteiger partial charge in [-0.1, -0.05) is 24.2 Å². The lowest BCUT2D eigenvalue weighted by atomic mass is 9.65. The molecule has 5 rings (SSSR count). The summed E-state index contributed by atoms with van der Waals surface area (Å²) in [7, 11) is 0. The van der Waals surface area contributed by atoms with Crippen molar-refractivity contribution in [2.75, 3.05) is 0 Å². The SMILES string of the molecule is O=c1[nH]c2c(s1)C1(CCCC1)[C@H]1[C@H]3CC[C@@H](C3)[C@H]1S2. The molecule has 1 aliphatic heterocycles. The third-order valence-corrected chi connectivity index (χ3v) is 9.02. The Morgan fingerprint density at radius 1 is 1.16 bits per heavy atom. The van der Waals surface area contributed by atoms with Crippen LogP contribution in [0, 0.1) is 17.8 Å². The van der Waals surface area contributed by atoms with Gasteiger partial charge in [-0.2, -0.15) is 0 Å². The second-order valence-electron chi connectivity index (χ2n) is 6.98. The summed E-state index contributed by atoms with van der Waals surface area (Å²) in [4.78, 5) is 16.6. The Morgan fingerprint density at radius 2 is 1.95 bits per heavy atom. The highest BCUT2D eigenvalue weighted by Gasteiger charge is 2.61. The number of hydrogen-bond donors (Lipinski definition) is 1. The van der Waals surface area contributed by atoms with Gasteiger partial charge in [-0.3, -0.25) is 4.79 Å². The van der Waals surface area contributed by atoms with Crippen LogP contribution in [0.3, 0.4) is 0 Å². The first kappa shape index (κ1) is 11.4. The predicted molar refractivity (Wildman–Crippen MR) is 79.1 cm³/mol. The number of H-pyrrole nitrogens is 1. The van der Waals surface area contributed by atoms with E-state index in [1.54, 1.807) is 0 Å². The third-order valence-electron chi connectivity index (χ3n) is 6.30. The number of fused-ring (bicyclic) bond motifs is 8. The minimum atomic E-state index is 0.177. The molecule has 0 radical (unpaired) electrons. The quantitative estimate of drug-likeness (QED) is 0.790. The molecule has 4 atom stereocenters. The molecule has 3 saturated carbocycles. The van der Waals surface area contributed by atoms with Crippen molar-refractivity contribution in [3.8, 4) is 0 Å². The number of thioether (sulfide) groups is 1. The minimum absolute atomic E-state index is 0.177. The summed E-state index contributed by atoms with van der Waals surface area (Å²) in [6, 6.07) is 0. The Hall–Kier alpha value is -0.220. The van der Waals surface area contributed by atoms with E-state index in [1.807, 2.05) is 11.8 Å². The van der Waals surface area contributed by atoms with Gasteiger partial charge >= 0.3 is 4.87 Å². The number of hydrogen-bond acceptors (Lipinski definition) is 3. The van der Waals surface area contributed by atoms with Gasteiger partial charge in [0.1, 0.15) is 0 Å². The molecule has 3 aliphatic carbocycles. The Kier molecular flexibility index (Phi) is 2.23. The van der Waals surface area contributed by atoms with Crippen LogP contribution in [-0.2, 0) is 5.41 Å². The molecule has 1 spiro atoms. The van der Waals surface area contributed by atoms with Gasteiger partial charge in [0.15, 0.2) is 0 Å². The Morgan fingerprint density at radius 3 is 2.79 bits per heavy atom. The molecule has 1 N–H and O–H groups in total. The molecule has 4 aliphatic rings. The zero-order chi connectivity index (χ0) is 12.6. The van der Waals surface area contributed by atoms with Gasteiger partial charge in [0, 0.05) is 15.5 Å². The zero-order valence-corrected chi connectivity index (χ0v) is 12.6. The highest BCUT2D eigenvalue weighted by molar-refractivity contribution is 8.00. The van der Waals surface area contributed by atoms with Crippen LogP contribution in [0.1, 0.15) is 49.8 Å². The standard InChI is InChI=1S/C15H19NOS2/c17-14-16-13-12(19-14)15(5-1-2-6-15)10-8-3-4-9(7-8)11(10)18-13/h8-11H,1-7H2,(H,16,17)/t8-,9-,10-,11+/m0/s1. The molecule has 2 heterocycles. The highest BCUT2D eigenvalue weighted by atomic mass is 32.2. The topological polar surface area (TPSA) is 32.9 Å². The smallest absolute Gasteiger partial charge is 0.305 e. The molecule has 0 saturated heterocycles. The lowest BCUT2D eigenvalue weighted by Crippen LogP contribution is -2.44. The van der Waals surface area contributed by atoms with Crippen molar-refractivity contribution in [2.45, 2.75) is 60.6 Å². The van der Waals surface area contributed by atoms with E-state index in [1.165, 1.54) is 66.2 Å². The molecule has 0 unspecified atom stereocenters. The molecule has 19 heavy (non-hydrogen) atoms. The van der Waals surface area contributed by atoms with E-state index in [2.05, 4.69) is 4.98 Å². The summed E-state index contributed by atoms with van der Waals surface area (Å²) in [5.74, 6) is 2.79. The van der Waals surface area contributed by atoms with Crippen LogP contribution in [0.4, 0.5) is 0 Å². The average Bonchev–Trinajstić information content (AvgIpc) is 3.12. The highest BCUT2D eigenvalue weighted by Crippen LogP contribution is 2.67. The lowest BCUT2D eigenvalue weighted by Gasteiger charge is -2.47. The number of rotatable bonds is 0. The van der Waals surface area contributed by atoms with Gasteiger partial charge in [-0.25, -0.2) is 0 Å². The normalized spacial score (nSPS) is 41.7. The maximum absolute atomic E-state index is 11.8. The zero-order valence-electron chi connectivity index (χ0n) is 11.0. The van der Waals surface area contributed by atoms with Crippen molar-refractivity contribution in [1.82, 2.24) is 4.98 Å². The van der Waals surface area contributed by atoms with Crippen molar-refractivity contribution in [1.29, 1.82) is 0 Å². The van der Waals surface area contributed by atoms with Crippen LogP contribution >= 0.6 is 23.1 Å². The fraction of sp³-hybridized carbons (Fsp3) is 0.800. The molecular weight excluding hydrogens is 274 g/mol. The molecular formula is C15H19NOS2. The summed E-state index contributed by atoms with van der Waals surface area (Å²) < 4.78 is 0. The van der Waals surface area contributed by atoms with Crippen molar-refractivity contribution in [3.63, 3.8) is 0 Å². The first-order chi connectivity index (χ1) is 9.28. The fourth-order valence-corrected chi connectivity index (χ4v) is 8.92. The van der Waals surface area contributed by atoms with Gasteiger partial charge in [-0.05, 0) is 49.9 Å². The van der Waals surface area contributed by atoms with Crippen LogP contribution in [-0.4, -0.2) is 10.2 Å². The van der Waals surface area contributed by atoms with Crippen LogP contribution in [0.2, 0.25) is 0 Å². The molecule has 2 bridgehead atoms. The van der Waals surface area contributed by atoms with E-state index in [0.717, 1.165) is 23.0 Å². The van der Waals surface area contributed by atoms with E-state index in [4.69, 9.17) is 0 Å². The van der Waals surface area contributed by atoms with E-state index in [-0.39, 0.29) is 4.87 Å². The van der Waals surface area contributed by atoms with Gasteiger partial charge in [-0.15, -0.1) is 11.8 Å². The van der Waals surface area contributed by atoms with E-state index in [0.29, 0.717) is 5.41 Å². The monoisotopic (exact) mass is 293 g/mol. The fourth-order valence-electron chi connectivity index (χ4n) is 5.75. The Labute approximate surface area is 121 Å². The lowest BCUT2D eigenvalue weighted by molar-refractivity contribution is 0.188. The largest absolute Gasteiger partial charge is 0.307 e. The molecule has 0 aromatic carbocycles. The number of aromatic amines is 1. The molecule has 1 aromatic heterocycles. The summed E-state index contributed by atoms with van der Waals surface area (Å²) in [5.41, 5.74) is 0.398. The minimum Gasteiger partial charge on any atom is -0.307 e. The average molecular weight is 293 g/mol. The Bertz CT molecular complexity index is 583. The van der Waals surface area contributed by atoms with Crippen LogP contribution in [0.15, 0.2) is 9.82 Å². The van der Waals surface area contributed by atoms with E-state index >= 15 is 0 Å². The van der Waals surface area contributed by atoms with Crippen molar-refractivity contribution in [3.05, 3.63) is 14.5 Å². The van der Waals surface area contributed by atoms with Crippen molar-refractivity contribution < 1.29 is 0 Å². The Balaban J connectivity index is 1.73. The second-order valence-corrected chi connectivity index (χ2v) is 9.15. The predicted octanol–water partition coefficient (Wildman–Crippen LogP) is 3.77. The maximum Gasteiger partial charge on any atom is 0.305 e. The first-order valence-electron chi connectivity index (χ1n) is 7.68. The molecule has 0 amide bonds. The third kappa shape index (κ3) is 1.33. The molecule has 102 valence electrons. The van der Waals surface area contributed by atoms with Gasteiger partial charge in [0.25, 0.3) is 0 Å². The van der Waals surface area contributed by atoms with Gasteiger partial charge in [0.2, 0.25) is 0 Å². The summed E-state index contributed by atoms with van der Waals surface area (Å²) in [6.07, 6.45) is 9.82. The number of thiazole rings is 1. The molecule has 1 aromatic rings. The van der Waals surface area contributed by atoms with Gasteiger partial charge < -0.3 is 4.98 Å². The number of nitrogens with one attached hydrogen (secondary N) is 1. The van der Waals surface area contributed by atoms with Crippen molar-refractivity contribution >= 4 is 23.1 Å². The summed E-state index contributed by atoms with van der Waals surface area (Å²) in [5, 5.41) is 2.07. The van der Waals surface area contributed by atoms with E-state index < -0.39 is 0 Å². The van der Waals surface area contributed by atoms with Crippen molar-refractivity contribution in [2.24, 2.45) is 17.8 Å². The summed E-state index contributed by atoms with van der Waals surface area (Å²) in [6.45, 7) is 0. The molecule has 4 heteroatoms. The number of aromatic nitrogens is 1. The van der Waals surface area contributed by atoms with Crippen LogP contribution in [0.25, 0.3) is 0 Å². The summed E-state index contributed by atoms with van der Waals surface area (Å²) >= 11 is 3.56. The van der Waals surface area contributed by atoms with Crippen LogP contribution in [0.5, 0.6) is 0 Å². The molecule has 3 fully saturated rings. The van der Waals surface area contributed by atoms with Gasteiger partial charge in [0.05, 0.1) is 5.03 Å². The molecule has 2 nitrogen and oxygen atoms in total. The second kappa shape index (κ2) is 3.70. The van der Waals surface area contributed by atoms with E-state index in [9.17, 15) is 4.79 Å².